The zero-order valence-corrected chi connectivity index (χ0v) is 14.4. The van der Waals surface area contributed by atoms with Gasteiger partial charge in [0.2, 0.25) is 17.8 Å². The summed E-state index contributed by atoms with van der Waals surface area (Å²) in [7, 11) is 0. The number of benzene rings is 2. The van der Waals surface area contributed by atoms with Gasteiger partial charge in [0, 0.05) is 28.1 Å². The fourth-order valence-corrected chi connectivity index (χ4v) is 2.58. The van der Waals surface area contributed by atoms with Crippen molar-refractivity contribution >= 4 is 28.3 Å². The van der Waals surface area contributed by atoms with Crippen LogP contribution in [0.1, 0.15) is 15.9 Å². The minimum absolute atomic E-state index is 0. The van der Waals surface area contributed by atoms with Gasteiger partial charge in [0.15, 0.2) is 6.20 Å². The molecule has 0 spiro atoms. The summed E-state index contributed by atoms with van der Waals surface area (Å²) in [5, 5.41) is 1.81. The van der Waals surface area contributed by atoms with Crippen LogP contribution in [0.25, 0.3) is 10.9 Å². The molecule has 0 N–H and O–H groups in total. The third-order valence-electron chi connectivity index (χ3n) is 3.62. The first-order valence-corrected chi connectivity index (χ1v) is 7.19. The highest BCUT2D eigenvalue weighted by Crippen LogP contribution is 2.14. The molecule has 4 heteroatoms. The summed E-state index contributed by atoms with van der Waals surface area (Å²) in [4.78, 5) is 12.4. The highest BCUT2D eigenvalue weighted by Gasteiger charge is 2.16. The van der Waals surface area contributed by atoms with Crippen molar-refractivity contribution in [2.45, 2.75) is 13.5 Å². The number of carbonyl (C=O) groups is 1. The number of aromatic nitrogens is 1. The van der Waals surface area contributed by atoms with Gasteiger partial charge in [-0.05, 0) is 42.8 Å². The lowest BCUT2D eigenvalue weighted by atomic mass is 10.1. The van der Waals surface area contributed by atoms with Crippen molar-refractivity contribution in [3.05, 3.63) is 76.9 Å². The van der Waals surface area contributed by atoms with E-state index in [1.165, 1.54) is 10.9 Å². The zero-order valence-electron chi connectivity index (χ0n) is 12.1. The van der Waals surface area contributed by atoms with Gasteiger partial charge in [0.25, 0.3) is 0 Å². The number of carbonyl (C=O) groups excluding carboxylic acids is 1. The lowest BCUT2D eigenvalue weighted by Crippen LogP contribution is -3.00. The molecule has 0 amide bonds. The van der Waals surface area contributed by atoms with Crippen molar-refractivity contribution in [3.63, 3.8) is 0 Å². The van der Waals surface area contributed by atoms with Crippen molar-refractivity contribution in [1.82, 2.24) is 0 Å². The van der Waals surface area contributed by atoms with Gasteiger partial charge in [0.1, 0.15) is 0 Å². The molecule has 0 fully saturated rings. The first kappa shape index (κ1) is 16.7. The Balaban J connectivity index is 0.00000176. The van der Waals surface area contributed by atoms with Gasteiger partial charge in [-0.3, -0.25) is 4.79 Å². The molecule has 0 saturated heterocycles. The fourth-order valence-electron chi connectivity index (χ4n) is 2.45. The van der Waals surface area contributed by atoms with Crippen molar-refractivity contribution < 1.29 is 26.3 Å². The molecule has 0 aliphatic rings. The first-order valence-electron chi connectivity index (χ1n) is 6.82. The highest BCUT2D eigenvalue weighted by molar-refractivity contribution is 6.30. The van der Waals surface area contributed by atoms with E-state index >= 15 is 0 Å². The smallest absolute Gasteiger partial charge is 0.227 e. The molecule has 112 valence electrons. The summed E-state index contributed by atoms with van der Waals surface area (Å²) in [6, 6.07) is 17.2. The number of pyridine rings is 1. The maximum atomic E-state index is 12.4. The Morgan fingerprint density at radius 2 is 1.73 bits per heavy atom. The van der Waals surface area contributed by atoms with Gasteiger partial charge in [-0.2, -0.15) is 4.57 Å². The summed E-state index contributed by atoms with van der Waals surface area (Å²) in [6.07, 6.45) is 1.96. The van der Waals surface area contributed by atoms with Crippen LogP contribution in [0.15, 0.2) is 60.8 Å². The predicted molar refractivity (Wildman–Crippen MR) is 84.7 cm³/mol. The van der Waals surface area contributed by atoms with Crippen molar-refractivity contribution in [2.24, 2.45) is 0 Å². The topological polar surface area (TPSA) is 20.9 Å². The van der Waals surface area contributed by atoms with Crippen molar-refractivity contribution in [2.75, 3.05) is 0 Å². The quantitative estimate of drug-likeness (QED) is 0.493. The summed E-state index contributed by atoms with van der Waals surface area (Å²) in [5.41, 5.74) is 2.96. The number of hydrogen-bond acceptors (Lipinski definition) is 1. The van der Waals surface area contributed by atoms with Gasteiger partial charge in [-0.1, -0.05) is 23.7 Å². The molecule has 1 heterocycles. The number of fused-ring (bicyclic) bond motifs is 1. The van der Waals surface area contributed by atoms with Crippen LogP contribution in [0.3, 0.4) is 0 Å². The van der Waals surface area contributed by atoms with E-state index in [0.717, 1.165) is 5.52 Å². The van der Waals surface area contributed by atoms with Gasteiger partial charge in [-0.25, -0.2) is 0 Å². The van der Waals surface area contributed by atoms with Crippen LogP contribution < -0.4 is 21.5 Å². The Bertz CT molecular complexity index is 815. The summed E-state index contributed by atoms with van der Waals surface area (Å²) in [5.74, 6) is 0.0747. The van der Waals surface area contributed by atoms with Crippen LogP contribution in [-0.4, -0.2) is 5.78 Å². The number of rotatable bonds is 3. The average molecular weight is 377 g/mol. The summed E-state index contributed by atoms with van der Waals surface area (Å²) in [6.45, 7) is 2.40. The monoisotopic (exact) mass is 375 g/mol. The second-order valence-corrected chi connectivity index (χ2v) is 5.51. The standard InChI is InChI=1S/C18H15ClNO.BrH/c1-13-10-11-20(17-5-3-2-4-16(13)17)12-18(21)14-6-8-15(19)9-7-14;/h2-11H,12H2,1H3;1H/q+1;/p-1. The number of aryl methyl sites for hydroxylation is 1. The van der Waals surface area contributed by atoms with Gasteiger partial charge < -0.3 is 17.0 Å². The van der Waals surface area contributed by atoms with Crippen molar-refractivity contribution in [1.29, 1.82) is 0 Å². The van der Waals surface area contributed by atoms with Crippen LogP contribution >= 0.6 is 11.6 Å². The Kier molecular flexibility index (Phi) is 5.33. The van der Waals surface area contributed by atoms with E-state index < -0.39 is 0 Å². The van der Waals surface area contributed by atoms with Gasteiger partial charge in [-0.15, -0.1) is 0 Å². The summed E-state index contributed by atoms with van der Waals surface area (Å²) >= 11 is 5.86. The lowest BCUT2D eigenvalue weighted by Gasteiger charge is -2.04. The molecular formula is C18H15BrClNO. The number of ketones is 1. The van der Waals surface area contributed by atoms with E-state index in [9.17, 15) is 4.79 Å². The largest absolute Gasteiger partial charge is 1.00 e. The van der Waals surface area contributed by atoms with Crippen molar-refractivity contribution in [3.8, 4) is 0 Å². The minimum Gasteiger partial charge on any atom is -1.00 e. The molecule has 0 radical (unpaired) electrons. The first-order chi connectivity index (χ1) is 10.1. The van der Waals surface area contributed by atoms with E-state index in [2.05, 4.69) is 13.0 Å². The van der Waals surface area contributed by atoms with E-state index in [0.29, 0.717) is 17.1 Å². The maximum absolute atomic E-state index is 12.4. The second kappa shape index (κ2) is 7.03. The SMILES string of the molecule is Cc1cc[n+](CC(=O)c2ccc(Cl)cc2)c2ccccc12.[Br-]. The van der Waals surface area contributed by atoms with Crippen LogP contribution in [-0.2, 0) is 6.54 Å². The Hall–Kier alpha value is -1.71. The normalized spacial score (nSPS) is 10.3. The molecule has 0 aliphatic heterocycles. The molecule has 3 rings (SSSR count). The molecule has 2 nitrogen and oxygen atoms in total. The Morgan fingerprint density at radius 3 is 2.45 bits per heavy atom. The number of Topliss-reactive ketones (excluding diaryl/α,β-unsaturated/α-hetero) is 1. The maximum Gasteiger partial charge on any atom is 0.227 e. The third kappa shape index (κ3) is 3.37. The van der Waals surface area contributed by atoms with Gasteiger partial charge in [0.05, 0.1) is 0 Å². The Morgan fingerprint density at radius 1 is 1.05 bits per heavy atom. The third-order valence-corrected chi connectivity index (χ3v) is 3.87. The number of nitrogens with zero attached hydrogens (tertiary/aromatic N) is 1. The number of para-hydroxylation sites is 1. The molecule has 0 aliphatic carbocycles. The molecule has 1 aromatic heterocycles. The molecule has 0 unspecified atom stereocenters. The van der Waals surface area contributed by atoms with E-state index in [4.69, 9.17) is 11.6 Å². The van der Waals surface area contributed by atoms with Crippen LogP contribution in [0, 0.1) is 6.92 Å². The summed E-state index contributed by atoms with van der Waals surface area (Å²) < 4.78 is 1.99. The van der Waals surface area contributed by atoms with E-state index in [-0.39, 0.29) is 22.8 Å². The molecule has 0 saturated carbocycles. The Labute approximate surface area is 145 Å². The number of hydrogen-bond donors (Lipinski definition) is 0. The fraction of sp³-hybridized carbons (Fsp3) is 0.111. The molecule has 3 aromatic rings. The van der Waals surface area contributed by atoms with Crippen LogP contribution in [0.5, 0.6) is 0 Å². The molecule has 22 heavy (non-hydrogen) atoms. The molecular weight excluding hydrogens is 362 g/mol. The predicted octanol–water partition coefficient (Wildman–Crippen LogP) is 0.976. The average Bonchev–Trinajstić information content (AvgIpc) is 2.51. The minimum atomic E-state index is 0. The lowest BCUT2D eigenvalue weighted by molar-refractivity contribution is -0.657. The highest BCUT2D eigenvalue weighted by atomic mass is 79.9. The molecule has 2 aromatic carbocycles. The van der Waals surface area contributed by atoms with E-state index in [1.807, 2.05) is 35.0 Å². The molecule has 0 bridgehead atoms. The van der Waals surface area contributed by atoms with Gasteiger partial charge >= 0.3 is 0 Å². The van der Waals surface area contributed by atoms with Crippen LogP contribution in [0.4, 0.5) is 0 Å². The second-order valence-electron chi connectivity index (χ2n) is 5.07. The van der Waals surface area contributed by atoms with E-state index in [1.54, 1.807) is 24.3 Å². The number of halogens is 2. The zero-order chi connectivity index (χ0) is 14.8. The molecule has 0 atom stereocenters. The van der Waals surface area contributed by atoms with Crippen LogP contribution in [0.2, 0.25) is 5.02 Å².